The molecule has 0 saturated carbocycles. The van der Waals surface area contributed by atoms with Crippen LogP contribution in [0.3, 0.4) is 0 Å². The number of Topliss-reactive ketones (excluding diaryl/α,β-unsaturated/α-hetero) is 1. The predicted molar refractivity (Wildman–Crippen MR) is 135 cm³/mol. The van der Waals surface area contributed by atoms with Gasteiger partial charge in [-0.25, -0.2) is 9.69 Å². The third-order valence-electron chi connectivity index (χ3n) is 7.37. The molecule has 2 saturated heterocycles. The normalized spacial score (nSPS) is 24.6. The Kier molecular flexibility index (Phi) is 6.23. The maximum absolute atomic E-state index is 13.8. The van der Waals surface area contributed by atoms with Crippen LogP contribution in [0.15, 0.2) is 59.0 Å². The molecule has 0 spiro atoms. The second-order valence-electron chi connectivity index (χ2n) is 9.60. The Morgan fingerprint density at radius 2 is 1.82 bits per heavy atom. The standard InChI is InChI=1S/C27H26N4O7/c1-14(32)15-7-9-17(10-8-15)31-23(33)20-21(24(31)34)27(25(35)36,11-4-12-29-26(28)37)30-22(20)19-13-16-5-2-3-6-18(16)38-19/h2-3,5-10,13,20-22,30H,4,11-12H2,1H3,(H,35,36)(H3,28,29,37). The summed E-state index contributed by atoms with van der Waals surface area (Å²) in [5, 5.41) is 16.7. The zero-order chi connectivity index (χ0) is 27.2. The number of aliphatic carboxylic acids is 1. The summed E-state index contributed by atoms with van der Waals surface area (Å²) in [5.74, 6) is -4.65. The van der Waals surface area contributed by atoms with Crippen molar-refractivity contribution >= 4 is 46.3 Å². The molecule has 11 heteroatoms. The Hall–Kier alpha value is -4.51. The zero-order valence-electron chi connectivity index (χ0n) is 20.5. The van der Waals surface area contributed by atoms with Crippen molar-refractivity contribution in [3.63, 3.8) is 0 Å². The molecule has 3 aromatic rings. The first-order chi connectivity index (χ1) is 18.1. The minimum atomic E-state index is -1.81. The largest absolute Gasteiger partial charge is 0.480 e. The minimum Gasteiger partial charge on any atom is -0.480 e. The van der Waals surface area contributed by atoms with Crippen molar-refractivity contribution in [2.45, 2.75) is 31.3 Å². The van der Waals surface area contributed by atoms with Gasteiger partial charge in [0.2, 0.25) is 11.8 Å². The van der Waals surface area contributed by atoms with Gasteiger partial charge in [-0.15, -0.1) is 0 Å². The van der Waals surface area contributed by atoms with Gasteiger partial charge in [-0.2, -0.15) is 0 Å². The lowest BCUT2D eigenvalue weighted by molar-refractivity contribution is -0.149. The van der Waals surface area contributed by atoms with Crippen LogP contribution in [0.1, 0.15) is 41.9 Å². The number of ketones is 1. The number of para-hydroxylation sites is 1. The molecule has 0 aliphatic carbocycles. The number of imide groups is 1. The smallest absolute Gasteiger partial charge is 0.324 e. The number of rotatable bonds is 8. The van der Waals surface area contributed by atoms with Crippen molar-refractivity contribution in [1.29, 1.82) is 0 Å². The number of anilines is 1. The molecule has 4 unspecified atom stereocenters. The fraction of sp³-hybridized carbons (Fsp3) is 0.296. The van der Waals surface area contributed by atoms with Gasteiger partial charge in [0.15, 0.2) is 5.78 Å². The quantitative estimate of drug-likeness (QED) is 0.200. The number of nitrogens with one attached hydrogen (secondary N) is 2. The van der Waals surface area contributed by atoms with E-state index in [1.165, 1.54) is 31.2 Å². The highest BCUT2D eigenvalue weighted by Gasteiger charge is 2.69. The average Bonchev–Trinajstić information content (AvgIpc) is 3.53. The fourth-order valence-corrected chi connectivity index (χ4v) is 5.61. The second-order valence-corrected chi connectivity index (χ2v) is 9.60. The number of nitrogens with two attached hydrogens (primary N) is 1. The number of primary amides is 1. The number of furan rings is 1. The summed E-state index contributed by atoms with van der Waals surface area (Å²) in [6.45, 7) is 1.50. The van der Waals surface area contributed by atoms with E-state index in [0.717, 1.165) is 10.3 Å². The number of carbonyl (C=O) groups excluding carboxylic acids is 4. The van der Waals surface area contributed by atoms with Crippen LogP contribution in [0, 0.1) is 11.8 Å². The lowest BCUT2D eigenvalue weighted by Gasteiger charge is -2.31. The van der Waals surface area contributed by atoms with Crippen LogP contribution in [0.5, 0.6) is 0 Å². The molecule has 4 amide bonds. The summed E-state index contributed by atoms with van der Waals surface area (Å²) >= 11 is 0. The number of hydrogen-bond donors (Lipinski definition) is 4. The topological polar surface area (TPSA) is 172 Å². The maximum atomic E-state index is 13.8. The molecule has 1 aromatic heterocycles. The Labute approximate surface area is 216 Å². The van der Waals surface area contributed by atoms with Gasteiger partial charge >= 0.3 is 12.0 Å². The first kappa shape index (κ1) is 25.2. The van der Waals surface area contributed by atoms with E-state index in [4.69, 9.17) is 10.2 Å². The summed E-state index contributed by atoms with van der Waals surface area (Å²) in [4.78, 5) is 64.3. The van der Waals surface area contributed by atoms with Crippen LogP contribution >= 0.6 is 0 Å². The minimum absolute atomic E-state index is 0.0589. The third kappa shape index (κ3) is 4.01. The Morgan fingerprint density at radius 3 is 2.45 bits per heavy atom. The van der Waals surface area contributed by atoms with Crippen LogP contribution in [0.25, 0.3) is 11.0 Å². The molecule has 2 aliphatic heterocycles. The summed E-state index contributed by atoms with van der Waals surface area (Å²) in [6, 6.07) is 13.3. The molecule has 5 rings (SSSR count). The Balaban J connectivity index is 1.58. The van der Waals surface area contributed by atoms with Gasteiger partial charge < -0.3 is 20.6 Å². The van der Waals surface area contributed by atoms with E-state index in [-0.39, 0.29) is 30.9 Å². The number of nitrogens with zero attached hydrogens (tertiary/aromatic N) is 1. The molecule has 196 valence electrons. The monoisotopic (exact) mass is 518 g/mol. The number of carboxylic acids is 1. The van der Waals surface area contributed by atoms with Crippen molar-refractivity contribution in [2.24, 2.45) is 17.6 Å². The van der Waals surface area contributed by atoms with Crippen molar-refractivity contribution in [1.82, 2.24) is 10.6 Å². The molecule has 5 N–H and O–H groups in total. The van der Waals surface area contributed by atoms with E-state index in [1.54, 1.807) is 18.2 Å². The fourth-order valence-electron chi connectivity index (χ4n) is 5.61. The molecule has 4 atom stereocenters. The molecular weight excluding hydrogens is 492 g/mol. The number of urea groups is 1. The lowest BCUT2D eigenvalue weighted by atomic mass is 9.77. The van der Waals surface area contributed by atoms with E-state index in [2.05, 4.69) is 10.6 Å². The number of fused-ring (bicyclic) bond motifs is 2. The summed E-state index contributed by atoms with van der Waals surface area (Å²) in [6.07, 6.45) is 0.129. The van der Waals surface area contributed by atoms with Crippen LogP contribution in [0.2, 0.25) is 0 Å². The van der Waals surface area contributed by atoms with E-state index >= 15 is 0 Å². The number of amides is 4. The third-order valence-corrected chi connectivity index (χ3v) is 7.37. The lowest BCUT2D eigenvalue weighted by Crippen LogP contribution is -2.56. The highest BCUT2D eigenvalue weighted by atomic mass is 16.4. The molecule has 0 radical (unpaired) electrons. The molecule has 11 nitrogen and oxygen atoms in total. The molecule has 2 aromatic carbocycles. The van der Waals surface area contributed by atoms with Gasteiger partial charge in [-0.3, -0.25) is 24.5 Å². The number of hydrogen-bond acceptors (Lipinski definition) is 7. The number of carboxylic acid groups (broad SMARTS) is 1. The molecule has 2 fully saturated rings. The number of carbonyl (C=O) groups is 5. The predicted octanol–water partition coefficient (Wildman–Crippen LogP) is 2.36. The van der Waals surface area contributed by atoms with Crippen LogP contribution in [0.4, 0.5) is 10.5 Å². The van der Waals surface area contributed by atoms with Gasteiger partial charge in [0.1, 0.15) is 16.9 Å². The molecule has 38 heavy (non-hydrogen) atoms. The zero-order valence-corrected chi connectivity index (χ0v) is 20.5. The van der Waals surface area contributed by atoms with E-state index < -0.39 is 47.2 Å². The van der Waals surface area contributed by atoms with Crippen molar-refractivity contribution in [2.75, 3.05) is 11.4 Å². The van der Waals surface area contributed by atoms with Crippen LogP contribution in [-0.2, 0) is 14.4 Å². The van der Waals surface area contributed by atoms with Gasteiger partial charge in [0, 0.05) is 17.5 Å². The first-order valence-electron chi connectivity index (χ1n) is 12.2. The molecular formula is C27H26N4O7. The maximum Gasteiger partial charge on any atom is 0.324 e. The molecule has 2 aliphatic rings. The average molecular weight is 519 g/mol. The van der Waals surface area contributed by atoms with Crippen molar-refractivity contribution in [3.8, 4) is 0 Å². The highest BCUT2D eigenvalue weighted by molar-refractivity contribution is 6.24. The van der Waals surface area contributed by atoms with Crippen LogP contribution < -0.4 is 21.3 Å². The van der Waals surface area contributed by atoms with E-state index in [0.29, 0.717) is 16.9 Å². The van der Waals surface area contributed by atoms with Gasteiger partial charge in [-0.1, -0.05) is 18.2 Å². The van der Waals surface area contributed by atoms with E-state index in [9.17, 15) is 29.1 Å². The van der Waals surface area contributed by atoms with Crippen molar-refractivity contribution in [3.05, 3.63) is 65.9 Å². The SMILES string of the molecule is CC(=O)c1ccc(N2C(=O)C3C(c4cc5ccccc5o4)NC(CCCNC(N)=O)(C(=O)O)C3C2=O)cc1. The second kappa shape index (κ2) is 9.42. The Bertz CT molecular complexity index is 1430. The van der Waals surface area contributed by atoms with Gasteiger partial charge in [0.05, 0.1) is 23.6 Å². The highest BCUT2D eigenvalue weighted by Crippen LogP contribution is 2.51. The van der Waals surface area contributed by atoms with Crippen molar-refractivity contribution < 1.29 is 33.5 Å². The summed E-state index contributed by atoms with van der Waals surface area (Å²) in [7, 11) is 0. The molecule has 0 bridgehead atoms. The number of benzene rings is 2. The summed E-state index contributed by atoms with van der Waals surface area (Å²) < 4.78 is 6.01. The Morgan fingerprint density at radius 1 is 1.11 bits per heavy atom. The van der Waals surface area contributed by atoms with Gasteiger partial charge in [0.25, 0.3) is 0 Å². The van der Waals surface area contributed by atoms with Crippen LogP contribution in [-0.4, -0.2) is 46.8 Å². The summed E-state index contributed by atoms with van der Waals surface area (Å²) in [5.41, 5.74) is 4.54. The molecule has 3 heterocycles. The first-order valence-corrected chi connectivity index (χ1v) is 12.2. The van der Waals surface area contributed by atoms with Gasteiger partial charge in [-0.05, 0) is 56.2 Å². The van der Waals surface area contributed by atoms with E-state index in [1.807, 2.05) is 12.1 Å².